The lowest BCUT2D eigenvalue weighted by Gasteiger charge is -2.44. The molecule has 1 rings (SSSR count). The fraction of sp³-hybridized carbons (Fsp3) is 0.818. The van der Waals surface area contributed by atoms with Crippen molar-refractivity contribution in [3.8, 4) is 0 Å². The first-order chi connectivity index (χ1) is 14.6. The van der Waals surface area contributed by atoms with Gasteiger partial charge in [0, 0.05) is 37.1 Å². The summed E-state index contributed by atoms with van der Waals surface area (Å²) in [5, 5.41) is 5.33. The van der Waals surface area contributed by atoms with Gasteiger partial charge in [0.2, 0.25) is 11.8 Å². The molecule has 0 aliphatic carbocycles. The number of amides is 2. The molecule has 0 aromatic carbocycles. The largest absolute Gasteiger partial charge is 0.460 e. The summed E-state index contributed by atoms with van der Waals surface area (Å²) >= 11 is 1.07. The Hall–Kier alpha value is -1.65. The Morgan fingerprint density at radius 2 is 1.66 bits per heavy atom. The molecule has 1 atom stereocenters. The minimum atomic E-state index is -0.836. The molecule has 1 fully saturated rings. The lowest BCUT2D eigenvalue weighted by Crippen LogP contribution is -2.56. The lowest BCUT2D eigenvalue weighted by atomic mass is 9.85. The maximum atomic E-state index is 12.5. The van der Waals surface area contributed by atoms with Gasteiger partial charge in [-0.2, -0.15) is 0 Å². The Bertz CT molecular complexity index is 686. The van der Waals surface area contributed by atoms with Crippen molar-refractivity contribution in [1.29, 1.82) is 0 Å². The summed E-state index contributed by atoms with van der Waals surface area (Å²) < 4.78 is 16.5. The summed E-state index contributed by atoms with van der Waals surface area (Å²) in [5.41, 5.74) is -1.04. The van der Waals surface area contributed by atoms with Crippen molar-refractivity contribution >= 4 is 34.7 Å². The van der Waals surface area contributed by atoms with E-state index in [0.717, 1.165) is 11.8 Å². The van der Waals surface area contributed by atoms with Gasteiger partial charge in [0.15, 0.2) is 10.9 Å². The second-order valence-corrected chi connectivity index (χ2v) is 11.0. The van der Waals surface area contributed by atoms with E-state index in [1.54, 1.807) is 34.6 Å². The molecule has 32 heavy (non-hydrogen) atoms. The van der Waals surface area contributed by atoms with E-state index in [9.17, 15) is 19.2 Å². The Balaban J connectivity index is 2.19. The fourth-order valence-electron chi connectivity index (χ4n) is 2.83. The molecule has 0 aromatic heterocycles. The highest BCUT2D eigenvalue weighted by atomic mass is 32.2. The summed E-state index contributed by atoms with van der Waals surface area (Å²) in [5.74, 6) is -1.33. The maximum absolute atomic E-state index is 12.5. The summed E-state index contributed by atoms with van der Waals surface area (Å²) in [4.78, 5) is 47.9. The Morgan fingerprint density at radius 3 is 2.28 bits per heavy atom. The van der Waals surface area contributed by atoms with Gasteiger partial charge >= 0.3 is 5.97 Å². The number of ether oxygens (including phenoxy) is 3. The first kappa shape index (κ1) is 28.4. The van der Waals surface area contributed by atoms with Gasteiger partial charge in [-0.05, 0) is 34.6 Å². The molecule has 1 heterocycles. The third-order valence-corrected chi connectivity index (χ3v) is 5.37. The summed E-state index contributed by atoms with van der Waals surface area (Å²) in [6, 6.07) is 0. The van der Waals surface area contributed by atoms with Crippen molar-refractivity contribution in [2.24, 2.45) is 5.41 Å². The van der Waals surface area contributed by atoms with E-state index >= 15 is 0 Å². The van der Waals surface area contributed by atoms with Crippen LogP contribution in [0.2, 0.25) is 0 Å². The summed E-state index contributed by atoms with van der Waals surface area (Å²) in [6.45, 7) is 13.5. The number of esters is 1. The molecule has 9 nitrogen and oxygen atoms in total. The van der Waals surface area contributed by atoms with E-state index in [1.165, 1.54) is 0 Å². The zero-order valence-electron chi connectivity index (χ0n) is 20.3. The molecule has 0 saturated carbocycles. The summed E-state index contributed by atoms with van der Waals surface area (Å²) in [6.07, 6.45) is -0.408. The number of hydrogen-bond donors (Lipinski definition) is 2. The van der Waals surface area contributed by atoms with E-state index in [0.29, 0.717) is 18.9 Å². The predicted octanol–water partition coefficient (Wildman–Crippen LogP) is 2.17. The fourth-order valence-corrected chi connectivity index (χ4v) is 3.50. The van der Waals surface area contributed by atoms with Crippen molar-refractivity contribution in [3.63, 3.8) is 0 Å². The van der Waals surface area contributed by atoms with E-state index in [4.69, 9.17) is 14.2 Å². The Kier molecular flexibility index (Phi) is 10.6. The van der Waals surface area contributed by atoms with Gasteiger partial charge in [0.05, 0.1) is 13.0 Å². The van der Waals surface area contributed by atoms with Gasteiger partial charge in [-0.3, -0.25) is 19.2 Å². The molecule has 0 bridgehead atoms. The Labute approximate surface area is 195 Å². The number of hydrogen-bond acceptors (Lipinski definition) is 8. The minimum absolute atomic E-state index is 0.0416. The maximum Gasteiger partial charge on any atom is 0.306 e. The molecule has 184 valence electrons. The highest BCUT2D eigenvalue weighted by molar-refractivity contribution is 8.13. The van der Waals surface area contributed by atoms with Crippen LogP contribution in [0.15, 0.2) is 0 Å². The van der Waals surface area contributed by atoms with Gasteiger partial charge in [0.25, 0.3) is 0 Å². The number of thioether (sulfide) groups is 1. The molecular formula is C22H38N2O7S. The van der Waals surface area contributed by atoms with Crippen LogP contribution in [0.1, 0.15) is 67.7 Å². The van der Waals surface area contributed by atoms with Crippen molar-refractivity contribution in [3.05, 3.63) is 0 Å². The van der Waals surface area contributed by atoms with Crippen LogP contribution in [-0.2, 0) is 33.4 Å². The summed E-state index contributed by atoms with van der Waals surface area (Å²) in [7, 11) is 0. The number of carbonyl (C=O) groups excluding carboxylic acids is 4. The van der Waals surface area contributed by atoms with E-state index in [1.807, 2.05) is 13.8 Å². The first-order valence-electron chi connectivity index (χ1n) is 10.8. The minimum Gasteiger partial charge on any atom is -0.460 e. The van der Waals surface area contributed by atoms with Gasteiger partial charge in [-0.15, -0.1) is 0 Å². The van der Waals surface area contributed by atoms with Crippen molar-refractivity contribution in [1.82, 2.24) is 10.6 Å². The monoisotopic (exact) mass is 474 g/mol. The van der Waals surface area contributed by atoms with Gasteiger partial charge in [0.1, 0.15) is 11.7 Å². The lowest BCUT2D eigenvalue weighted by molar-refractivity contribution is -0.304. The topological polar surface area (TPSA) is 120 Å². The SMILES string of the molecule is CC(C)(C)OC(=O)CCC(=O)SCCNC(=O)CCNC(=O)[C@@H]1OC(C)(C)OCC1(C)C. The molecule has 1 saturated heterocycles. The van der Waals surface area contributed by atoms with Crippen molar-refractivity contribution in [2.45, 2.75) is 85.2 Å². The molecule has 0 unspecified atom stereocenters. The molecule has 10 heteroatoms. The predicted molar refractivity (Wildman–Crippen MR) is 122 cm³/mol. The molecule has 0 spiro atoms. The number of rotatable bonds is 10. The normalized spacial score (nSPS) is 19.7. The van der Waals surface area contributed by atoms with Crippen LogP contribution in [0.5, 0.6) is 0 Å². The standard InChI is InChI=1S/C22H38N2O7S/c1-20(2,3)30-16(26)8-9-17(27)32-13-12-23-15(25)10-11-24-19(28)18-21(4,5)14-29-22(6,7)31-18/h18H,8-14H2,1-7H3,(H,23,25)(H,24,28)/t18-/m0/s1. The van der Waals surface area contributed by atoms with E-state index in [2.05, 4.69) is 10.6 Å². The molecule has 0 aromatic rings. The van der Waals surface area contributed by atoms with E-state index < -0.39 is 28.9 Å². The third kappa shape index (κ3) is 11.3. The smallest absolute Gasteiger partial charge is 0.306 e. The van der Waals surface area contributed by atoms with Crippen LogP contribution in [0, 0.1) is 5.41 Å². The zero-order chi connectivity index (χ0) is 24.6. The first-order valence-corrected chi connectivity index (χ1v) is 11.8. The molecular weight excluding hydrogens is 436 g/mol. The van der Waals surface area contributed by atoms with Crippen LogP contribution in [0.4, 0.5) is 0 Å². The molecule has 1 aliphatic heterocycles. The van der Waals surface area contributed by atoms with Gasteiger partial charge in [-0.1, -0.05) is 25.6 Å². The molecule has 2 N–H and O–H groups in total. The van der Waals surface area contributed by atoms with Crippen LogP contribution in [0.25, 0.3) is 0 Å². The highest BCUT2D eigenvalue weighted by Gasteiger charge is 2.45. The van der Waals surface area contributed by atoms with Crippen LogP contribution in [-0.4, -0.2) is 65.8 Å². The molecule has 2 amide bonds. The van der Waals surface area contributed by atoms with Crippen LogP contribution >= 0.6 is 11.8 Å². The van der Waals surface area contributed by atoms with Gasteiger partial charge in [-0.25, -0.2) is 0 Å². The number of carbonyl (C=O) groups is 4. The van der Waals surface area contributed by atoms with Crippen molar-refractivity contribution < 1.29 is 33.4 Å². The van der Waals surface area contributed by atoms with E-state index in [-0.39, 0.29) is 42.7 Å². The molecule has 1 aliphatic rings. The third-order valence-electron chi connectivity index (χ3n) is 4.43. The second kappa shape index (κ2) is 12.0. The number of nitrogens with one attached hydrogen (secondary N) is 2. The quantitative estimate of drug-likeness (QED) is 0.365. The van der Waals surface area contributed by atoms with Gasteiger partial charge < -0.3 is 24.8 Å². The van der Waals surface area contributed by atoms with Crippen LogP contribution in [0.3, 0.4) is 0 Å². The highest BCUT2D eigenvalue weighted by Crippen LogP contribution is 2.34. The Morgan fingerprint density at radius 1 is 1.00 bits per heavy atom. The average Bonchev–Trinajstić information content (AvgIpc) is 2.64. The second-order valence-electron chi connectivity index (χ2n) is 9.87. The average molecular weight is 475 g/mol. The molecule has 0 radical (unpaired) electrons. The zero-order valence-corrected chi connectivity index (χ0v) is 21.1. The van der Waals surface area contributed by atoms with Crippen molar-refractivity contribution in [2.75, 3.05) is 25.4 Å². The van der Waals surface area contributed by atoms with Crippen LogP contribution < -0.4 is 10.6 Å².